The van der Waals surface area contributed by atoms with Gasteiger partial charge in [-0.3, -0.25) is 4.79 Å². The van der Waals surface area contributed by atoms with Gasteiger partial charge < -0.3 is 0 Å². The molecule has 0 spiro atoms. The maximum atomic E-state index is 12.1. The van der Waals surface area contributed by atoms with Crippen molar-refractivity contribution >= 4 is 17.5 Å². The van der Waals surface area contributed by atoms with Crippen LogP contribution in [0.3, 0.4) is 0 Å². The van der Waals surface area contributed by atoms with Gasteiger partial charge in [0, 0.05) is 10.7 Å². The van der Waals surface area contributed by atoms with Crippen LogP contribution in [0.15, 0.2) is 0 Å². The molecule has 0 saturated heterocycles. The monoisotopic (exact) mass is 242 g/mol. The second-order valence-electron chi connectivity index (χ2n) is 6.48. The lowest BCUT2D eigenvalue weighted by molar-refractivity contribution is -0.122. The Bertz CT molecular complexity index is 232. The fraction of sp³-hybridized carbons (Fsp3) is 0.929. The maximum absolute atomic E-state index is 12.1. The van der Waals surface area contributed by atoms with Gasteiger partial charge in [0.15, 0.2) is 0 Å². The second kappa shape index (κ2) is 5.57. The number of hydrogen-bond acceptors (Lipinski definition) is 2. The van der Waals surface area contributed by atoms with Gasteiger partial charge in [0.2, 0.25) is 0 Å². The highest BCUT2D eigenvalue weighted by Crippen LogP contribution is 2.34. The number of hydrogen-bond donors (Lipinski definition) is 0. The Kier molecular flexibility index (Phi) is 4.90. The van der Waals surface area contributed by atoms with Crippen molar-refractivity contribution in [3.8, 4) is 0 Å². The largest absolute Gasteiger partial charge is 0.298 e. The third-order valence-corrected chi connectivity index (χ3v) is 4.58. The van der Waals surface area contributed by atoms with Crippen molar-refractivity contribution in [2.45, 2.75) is 58.6 Å². The van der Waals surface area contributed by atoms with Gasteiger partial charge in [-0.2, -0.15) is 0 Å². The Hall–Kier alpha value is 0.0200. The summed E-state index contributed by atoms with van der Waals surface area (Å²) in [6.07, 6.45) is 3.54. The highest BCUT2D eigenvalue weighted by atomic mass is 32.2. The van der Waals surface area contributed by atoms with Crippen molar-refractivity contribution in [1.29, 1.82) is 0 Å². The molecular weight excluding hydrogens is 216 g/mol. The van der Waals surface area contributed by atoms with Gasteiger partial charge >= 0.3 is 0 Å². The number of carbonyl (C=O) groups excluding carboxylic acids is 1. The molecule has 1 aliphatic rings. The van der Waals surface area contributed by atoms with Crippen molar-refractivity contribution in [1.82, 2.24) is 0 Å². The molecule has 94 valence electrons. The fourth-order valence-corrected chi connectivity index (χ4v) is 3.43. The molecular formula is C14H26OS. The highest BCUT2D eigenvalue weighted by Gasteiger charge is 2.29. The zero-order valence-electron chi connectivity index (χ0n) is 11.4. The van der Waals surface area contributed by atoms with Gasteiger partial charge in [-0.25, -0.2) is 0 Å². The topological polar surface area (TPSA) is 17.1 Å². The first-order valence-electron chi connectivity index (χ1n) is 6.44. The molecule has 2 unspecified atom stereocenters. The van der Waals surface area contributed by atoms with Crippen LogP contribution in [0.5, 0.6) is 0 Å². The number of ketones is 1. The van der Waals surface area contributed by atoms with E-state index < -0.39 is 0 Å². The minimum Gasteiger partial charge on any atom is -0.298 e. The van der Waals surface area contributed by atoms with Gasteiger partial charge in [0.1, 0.15) is 5.78 Å². The number of carbonyl (C=O) groups is 1. The molecule has 0 amide bonds. The summed E-state index contributed by atoms with van der Waals surface area (Å²) in [5.41, 5.74) is 0. The summed E-state index contributed by atoms with van der Waals surface area (Å²) in [4.78, 5) is 12.1. The van der Waals surface area contributed by atoms with Gasteiger partial charge in [-0.05, 0) is 31.1 Å². The molecule has 16 heavy (non-hydrogen) atoms. The molecule has 1 aliphatic carbocycles. The van der Waals surface area contributed by atoms with Crippen LogP contribution in [0.25, 0.3) is 0 Å². The van der Waals surface area contributed by atoms with Crippen LogP contribution in [-0.4, -0.2) is 16.3 Å². The molecule has 0 bridgehead atoms. The lowest BCUT2D eigenvalue weighted by Crippen LogP contribution is -2.28. The van der Waals surface area contributed by atoms with E-state index in [0.717, 1.165) is 24.7 Å². The van der Waals surface area contributed by atoms with E-state index in [2.05, 4.69) is 34.6 Å². The van der Waals surface area contributed by atoms with Crippen LogP contribution in [0.4, 0.5) is 0 Å². The van der Waals surface area contributed by atoms with E-state index in [1.54, 1.807) is 11.8 Å². The molecule has 0 aromatic heterocycles. The van der Waals surface area contributed by atoms with Crippen molar-refractivity contribution < 1.29 is 4.79 Å². The highest BCUT2D eigenvalue weighted by molar-refractivity contribution is 8.01. The fourth-order valence-electron chi connectivity index (χ4n) is 2.62. The smallest absolute Gasteiger partial charge is 0.145 e. The van der Waals surface area contributed by atoms with E-state index in [1.807, 2.05) is 0 Å². The van der Waals surface area contributed by atoms with Gasteiger partial charge in [-0.15, -0.1) is 11.8 Å². The van der Waals surface area contributed by atoms with Crippen molar-refractivity contribution in [2.24, 2.45) is 17.8 Å². The first-order chi connectivity index (χ1) is 7.28. The Labute approximate surface area is 105 Å². The Balaban J connectivity index is 2.41. The average molecular weight is 242 g/mol. The molecule has 1 fully saturated rings. The van der Waals surface area contributed by atoms with Gasteiger partial charge in [-0.1, -0.05) is 34.6 Å². The lowest BCUT2D eigenvalue weighted by atomic mass is 9.75. The summed E-state index contributed by atoms with van der Waals surface area (Å²) in [5, 5.41) is 0. The normalized spacial score (nSPS) is 31.4. The lowest BCUT2D eigenvalue weighted by Gasteiger charge is -2.31. The van der Waals surface area contributed by atoms with Crippen molar-refractivity contribution in [3.63, 3.8) is 0 Å². The number of thioether (sulfide) groups is 1. The van der Waals surface area contributed by atoms with E-state index >= 15 is 0 Å². The molecule has 1 saturated carbocycles. The number of Topliss-reactive ketones (excluding diaryl/α,β-unsaturated/α-hetero) is 1. The van der Waals surface area contributed by atoms with Gasteiger partial charge in [0.25, 0.3) is 0 Å². The van der Waals surface area contributed by atoms with Crippen LogP contribution >= 0.6 is 11.8 Å². The van der Waals surface area contributed by atoms with E-state index in [9.17, 15) is 4.79 Å². The summed E-state index contributed by atoms with van der Waals surface area (Å²) in [6, 6.07) is 0. The number of rotatable bonds is 3. The predicted molar refractivity (Wildman–Crippen MR) is 72.9 cm³/mol. The molecule has 1 nitrogen and oxygen atoms in total. The SMILES string of the molecule is CC1CC(C)CC(C(=O)CSC(C)(C)C)C1. The van der Waals surface area contributed by atoms with Gasteiger partial charge in [0.05, 0.1) is 5.75 Å². The predicted octanol–water partition coefficient (Wildman–Crippen LogP) is 4.16. The van der Waals surface area contributed by atoms with Crippen molar-refractivity contribution in [2.75, 3.05) is 5.75 Å². The standard InChI is InChI=1S/C14H26OS/c1-10-6-11(2)8-12(7-10)13(15)9-16-14(3,4)5/h10-12H,6-9H2,1-5H3. The maximum Gasteiger partial charge on any atom is 0.145 e. The average Bonchev–Trinajstić information content (AvgIpc) is 2.11. The molecule has 2 atom stereocenters. The van der Waals surface area contributed by atoms with Crippen LogP contribution in [0.1, 0.15) is 53.9 Å². The third kappa shape index (κ3) is 4.90. The van der Waals surface area contributed by atoms with Crippen LogP contribution < -0.4 is 0 Å². The Morgan fingerprint density at radius 2 is 1.62 bits per heavy atom. The molecule has 0 heterocycles. The molecule has 2 heteroatoms. The van der Waals surface area contributed by atoms with Crippen LogP contribution in [0, 0.1) is 17.8 Å². The van der Waals surface area contributed by atoms with Crippen LogP contribution in [0.2, 0.25) is 0 Å². The first-order valence-corrected chi connectivity index (χ1v) is 7.43. The molecule has 0 N–H and O–H groups in total. The van der Waals surface area contributed by atoms with E-state index in [1.165, 1.54) is 6.42 Å². The Morgan fingerprint density at radius 1 is 1.12 bits per heavy atom. The summed E-state index contributed by atoms with van der Waals surface area (Å²) in [6.45, 7) is 11.1. The van der Waals surface area contributed by atoms with E-state index in [-0.39, 0.29) is 4.75 Å². The summed E-state index contributed by atoms with van der Waals surface area (Å²) in [5.74, 6) is 3.00. The van der Waals surface area contributed by atoms with Crippen LogP contribution in [-0.2, 0) is 4.79 Å². The quantitative estimate of drug-likeness (QED) is 0.739. The molecule has 0 aromatic carbocycles. The first kappa shape index (κ1) is 14.1. The van der Waals surface area contributed by atoms with Crippen molar-refractivity contribution in [3.05, 3.63) is 0 Å². The van der Waals surface area contributed by atoms with E-state index in [0.29, 0.717) is 17.5 Å². The minimum absolute atomic E-state index is 0.210. The molecule has 0 aromatic rings. The zero-order valence-corrected chi connectivity index (χ0v) is 12.2. The molecule has 0 radical (unpaired) electrons. The summed E-state index contributed by atoms with van der Waals surface area (Å²) in [7, 11) is 0. The summed E-state index contributed by atoms with van der Waals surface area (Å²) >= 11 is 1.79. The Morgan fingerprint density at radius 3 is 2.06 bits per heavy atom. The van der Waals surface area contributed by atoms with E-state index in [4.69, 9.17) is 0 Å². The second-order valence-corrected chi connectivity index (χ2v) is 8.28. The molecule has 0 aliphatic heterocycles. The zero-order chi connectivity index (χ0) is 12.3. The minimum atomic E-state index is 0.210. The molecule has 1 rings (SSSR count). The summed E-state index contributed by atoms with van der Waals surface area (Å²) < 4.78 is 0.210. The third-order valence-electron chi connectivity index (χ3n) is 3.28.